The van der Waals surface area contributed by atoms with Crippen LogP contribution in [0.2, 0.25) is 0 Å². The molecule has 0 radical (unpaired) electrons. The molecule has 1 atom stereocenters. The minimum absolute atomic E-state index is 0.0419. The van der Waals surface area contributed by atoms with E-state index in [4.69, 9.17) is 0 Å². The first-order valence-electron chi connectivity index (χ1n) is 5.05. The van der Waals surface area contributed by atoms with E-state index < -0.39 is 0 Å². The van der Waals surface area contributed by atoms with Crippen molar-refractivity contribution in [3.63, 3.8) is 0 Å². The Labute approximate surface area is 82.8 Å². The predicted molar refractivity (Wildman–Crippen MR) is 54.2 cm³/mol. The molecular formula is C10H15N3O. The van der Waals surface area contributed by atoms with Crippen LogP contribution in [-0.2, 0) is 19.4 Å². The van der Waals surface area contributed by atoms with Crippen LogP contribution in [0.1, 0.15) is 30.9 Å². The summed E-state index contributed by atoms with van der Waals surface area (Å²) in [5.74, 6) is 0.783. The van der Waals surface area contributed by atoms with E-state index in [9.17, 15) is 4.79 Å². The molecule has 1 unspecified atom stereocenters. The number of nitrogens with zero attached hydrogens (tertiary/aromatic N) is 1. The van der Waals surface area contributed by atoms with Crippen molar-refractivity contribution in [2.75, 3.05) is 0 Å². The van der Waals surface area contributed by atoms with E-state index in [2.05, 4.69) is 22.2 Å². The number of aryl methyl sites for hydroxylation is 1. The first-order valence-corrected chi connectivity index (χ1v) is 5.05. The van der Waals surface area contributed by atoms with Gasteiger partial charge in [-0.25, -0.2) is 4.98 Å². The Morgan fingerprint density at radius 1 is 1.57 bits per heavy atom. The molecule has 0 spiro atoms. The van der Waals surface area contributed by atoms with Crippen molar-refractivity contribution in [2.45, 2.75) is 39.3 Å². The zero-order valence-electron chi connectivity index (χ0n) is 8.55. The van der Waals surface area contributed by atoms with Crippen molar-refractivity contribution < 1.29 is 0 Å². The monoisotopic (exact) mass is 193 g/mol. The van der Waals surface area contributed by atoms with Crippen LogP contribution in [-0.4, -0.2) is 16.0 Å². The molecule has 2 heterocycles. The smallest absolute Gasteiger partial charge is 0.254 e. The fourth-order valence-electron chi connectivity index (χ4n) is 1.77. The van der Waals surface area contributed by atoms with Crippen molar-refractivity contribution >= 4 is 0 Å². The summed E-state index contributed by atoms with van der Waals surface area (Å²) >= 11 is 0. The topological polar surface area (TPSA) is 57.8 Å². The third-order valence-corrected chi connectivity index (χ3v) is 2.61. The molecule has 1 aliphatic rings. The van der Waals surface area contributed by atoms with E-state index in [1.165, 1.54) is 0 Å². The molecule has 14 heavy (non-hydrogen) atoms. The molecule has 0 amide bonds. The van der Waals surface area contributed by atoms with Gasteiger partial charge in [0.2, 0.25) is 0 Å². The number of aromatic amines is 1. The molecular weight excluding hydrogens is 178 g/mol. The van der Waals surface area contributed by atoms with Crippen molar-refractivity contribution in [3.8, 4) is 0 Å². The van der Waals surface area contributed by atoms with Crippen LogP contribution in [0.25, 0.3) is 0 Å². The Balaban J connectivity index is 2.48. The standard InChI is InChI=1S/C10H15N3O/c1-3-9-12-8-5-11-6(2)4-7(8)10(14)13-9/h6,11H,3-5H2,1-2H3,(H,12,13,14). The lowest BCUT2D eigenvalue weighted by Gasteiger charge is -2.21. The maximum absolute atomic E-state index is 11.7. The molecule has 1 aromatic heterocycles. The first kappa shape index (κ1) is 9.40. The fraction of sp³-hybridized carbons (Fsp3) is 0.600. The summed E-state index contributed by atoms with van der Waals surface area (Å²) in [4.78, 5) is 18.9. The summed E-state index contributed by atoms with van der Waals surface area (Å²) < 4.78 is 0. The molecule has 0 fully saturated rings. The second-order valence-corrected chi connectivity index (χ2v) is 3.78. The maximum Gasteiger partial charge on any atom is 0.254 e. The quantitative estimate of drug-likeness (QED) is 0.677. The normalized spacial score (nSPS) is 20.6. The summed E-state index contributed by atoms with van der Waals surface area (Å²) in [5.41, 5.74) is 1.82. The SMILES string of the molecule is CCc1nc2c(c(=O)[nH]1)CC(C)NC2. The minimum atomic E-state index is 0.0419. The number of hydrogen-bond acceptors (Lipinski definition) is 3. The summed E-state index contributed by atoms with van der Waals surface area (Å²) in [7, 11) is 0. The van der Waals surface area contributed by atoms with Gasteiger partial charge < -0.3 is 10.3 Å². The van der Waals surface area contributed by atoms with E-state index >= 15 is 0 Å². The highest BCUT2D eigenvalue weighted by molar-refractivity contribution is 5.21. The third kappa shape index (κ3) is 1.57. The summed E-state index contributed by atoms with van der Waals surface area (Å²) in [6, 6.07) is 0.373. The largest absolute Gasteiger partial charge is 0.310 e. The summed E-state index contributed by atoms with van der Waals surface area (Å²) in [5, 5.41) is 3.30. The van der Waals surface area contributed by atoms with E-state index in [1.54, 1.807) is 0 Å². The molecule has 2 rings (SSSR count). The molecule has 0 aliphatic carbocycles. The predicted octanol–water partition coefficient (Wildman–Crippen LogP) is 0.366. The molecule has 0 saturated carbocycles. The molecule has 1 aromatic rings. The van der Waals surface area contributed by atoms with Gasteiger partial charge in [0.05, 0.1) is 5.69 Å². The van der Waals surface area contributed by atoms with Gasteiger partial charge in [0, 0.05) is 24.6 Å². The molecule has 0 bridgehead atoms. The van der Waals surface area contributed by atoms with E-state index in [-0.39, 0.29) is 5.56 Å². The average molecular weight is 193 g/mol. The van der Waals surface area contributed by atoms with Crippen molar-refractivity contribution in [2.24, 2.45) is 0 Å². The van der Waals surface area contributed by atoms with Crippen LogP contribution in [0.5, 0.6) is 0 Å². The van der Waals surface area contributed by atoms with Crippen LogP contribution in [0.3, 0.4) is 0 Å². The average Bonchev–Trinajstić information content (AvgIpc) is 2.19. The van der Waals surface area contributed by atoms with Crippen LogP contribution in [0.15, 0.2) is 4.79 Å². The first-order chi connectivity index (χ1) is 6.70. The lowest BCUT2D eigenvalue weighted by molar-refractivity contribution is 0.497. The van der Waals surface area contributed by atoms with Crippen LogP contribution in [0.4, 0.5) is 0 Å². The highest BCUT2D eigenvalue weighted by Gasteiger charge is 2.18. The Morgan fingerprint density at radius 3 is 3.07 bits per heavy atom. The van der Waals surface area contributed by atoms with Gasteiger partial charge in [-0.2, -0.15) is 0 Å². The molecule has 0 aromatic carbocycles. The molecule has 4 heteroatoms. The molecule has 1 aliphatic heterocycles. The van der Waals surface area contributed by atoms with Gasteiger partial charge in [-0.1, -0.05) is 6.92 Å². The lowest BCUT2D eigenvalue weighted by Crippen LogP contribution is -2.38. The number of hydrogen-bond donors (Lipinski definition) is 2. The summed E-state index contributed by atoms with van der Waals surface area (Å²) in [6.07, 6.45) is 1.56. The highest BCUT2D eigenvalue weighted by atomic mass is 16.1. The zero-order chi connectivity index (χ0) is 10.1. The third-order valence-electron chi connectivity index (χ3n) is 2.61. The van der Waals surface area contributed by atoms with Gasteiger partial charge in [0.1, 0.15) is 5.82 Å². The fourth-order valence-corrected chi connectivity index (χ4v) is 1.77. The number of aromatic nitrogens is 2. The highest BCUT2D eigenvalue weighted by Crippen LogP contribution is 2.10. The number of fused-ring (bicyclic) bond motifs is 1. The Bertz CT molecular complexity index is 397. The molecule has 0 saturated heterocycles. The molecule has 76 valence electrons. The van der Waals surface area contributed by atoms with Crippen molar-refractivity contribution in [3.05, 3.63) is 27.4 Å². The van der Waals surface area contributed by atoms with Crippen LogP contribution in [0, 0.1) is 0 Å². The van der Waals surface area contributed by atoms with Gasteiger partial charge in [0.25, 0.3) is 5.56 Å². The van der Waals surface area contributed by atoms with Gasteiger partial charge >= 0.3 is 0 Å². The van der Waals surface area contributed by atoms with Gasteiger partial charge in [0.15, 0.2) is 0 Å². The van der Waals surface area contributed by atoms with E-state index in [0.29, 0.717) is 12.6 Å². The van der Waals surface area contributed by atoms with Crippen molar-refractivity contribution in [1.82, 2.24) is 15.3 Å². The lowest BCUT2D eigenvalue weighted by atomic mass is 10.0. The van der Waals surface area contributed by atoms with Crippen LogP contribution < -0.4 is 10.9 Å². The van der Waals surface area contributed by atoms with Crippen molar-refractivity contribution in [1.29, 1.82) is 0 Å². The molecule has 4 nitrogen and oxygen atoms in total. The number of nitrogens with one attached hydrogen (secondary N) is 2. The second kappa shape index (κ2) is 3.53. The zero-order valence-corrected chi connectivity index (χ0v) is 8.55. The number of rotatable bonds is 1. The maximum atomic E-state index is 11.7. The van der Waals surface area contributed by atoms with E-state index in [0.717, 1.165) is 29.9 Å². The Kier molecular flexibility index (Phi) is 2.37. The van der Waals surface area contributed by atoms with E-state index in [1.807, 2.05) is 6.92 Å². The van der Waals surface area contributed by atoms with Gasteiger partial charge in [-0.3, -0.25) is 4.79 Å². The van der Waals surface area contributed by atoms with Gasteiger partial charge in [-0.05, 0) is 13.3 Å². The molecule has 2 N–H and O–H groups in total. The second-order valence-electron chi connectivity index (χ2n) is 3.78. The minimum Gasteiger partial charge on any atom is -0.310 e. The van der Waals surface area contributed by atoms with Crippen LogP contribution >= 0.6 is 0 Å². The van der Waals surface area contributed by atoms with Gasteiger partial charge in [-0.15, -0.1) is 0 Å². The number of H-pyrrole nitrogens is 1. The Morgan fingerprint density at radius 2 is 2.36 bits per heavy atom. The summed E-state index contributed by atoms with van der Waals surface area (Å²) in [6.45, 7) is 4.78. The Hall–Kier alpha value is -1.16.